The quantitative estimate of drug-likeness (QED) is 0.721. The molecule has 0 N–H and O–H groups in total. The molecule has 0 saturated heterocycles. The normalized spacial score (nSPS) is 11.4. The first-order chi connectivity index (χ1) is 9.91. The fourth-order valence-electron chi connectivity index (χ4n) is 2.16. The summed E-state index contributed by atoms with van der Waals surface area (Å²) >= 11 is 0. The number of halogens is 3. The Morgan fingerprint density at radius 3 is 2.24 bits per heavy atom. The summed E-state index contributed by atoms with van der Waals surface area (Å²) < 4.78 is 37.4. The molecule has 21 heavy (non-hydrogen) atoms. The summed E-state index contributed by atoms with van der Waals surface area (Å²) in [4.78, 5) is 11.3. The third-order valence-corrected chi connectivity index (χ3v) is 3.21. The number of carbonyl (C=O) groups excluding carboxylic acids is 1. The second kappa shape index (κ2) is 6.12. The second-order valence-electron chi connectivity index (χ2n) is 4.85. The maximum Gasteiger partial charge on any atom is 0.454 e. The van der Waals surface area contributed by atoms with E-state index in [1.165, 1.54) is 23.8 Å². The van der Waals surface area contributed by atoms with Crippen molar-refractivity contribution in [1.82, 2.24) is 0 Å². The molecule has 0 aliphatic heterocycles. The molecule has 110 valence electrons. The minimum absolute atomic E-state index is 0.336. The average Bonchev–Trinajstić information content (AvgIpc) is 2.47. The molecule has 2 aromatic carbocycles. The highest BCUT2D eigenvalue weighted by Crippen LogP contribution is 2.26. The molecule has 4 heteroatoms. The Balaban J connectivity index is 2.31. The zero-order valence-electron chi connectivity index (χ0n) is 11.6. The first kappa shape index (κ1) is 15.3. The van der Waals surface area contributed by atoms with Crippen molar-refractivity contribution in [2.75, 3.05) is 0 Å². The lowest BCUT2D eigenvalue weighted by atomic mass is 9.99. The first-order valence-electron chi connectivity index (χ1n) is 6.72. The number of aryl methyl sites for hydroxylation is 1. The molecule has 0 saturated carbocycles. The molecule has 0 unspecified atom stereocenters. The van der Waals surface area contributed by atoms with E-state index in [0.29, 0.717) is 5.56 Å². The Morgan fingerprint density at radius 1 is 1.00 bits per heavy atom. The van der Waals surface area contributed by atoms with Gasteiger partial charge in [-0.1, -0.05) is 55.8 Å². The van der Waals surface area contributed by atoms with Gasteiger partial charge in [0.25, 0.3) is 5.78 Å². The van der Waals surface area contributed by atoms with Gasteiger partial charge in [0.2, 0.25) is 0 Å². The predicted molar refractivity (Wildman–Crippen MR) is 76.3 cm³/mol. The molecule has 2 aromatic rings. The number of alkyl halides is 3. The number of ketones is 1. The predicted octanol–water partition coefficient (Wildman–Crippen LogP) is 5.05. The van der Waals surface area contributed by atoms with Crippen LogP contribution in [0.25, 0.3) is 11.1 Å². The van der Waals surface area contributed by atoms with Crippen molar-refractivity contribution in [2.24, 2.45) is 0 Å². The van der Waals surface area contributed by atoms with Gasteiger partial charge in [-0.3, -0.25) is 4.79 Å². The standard InChI is InChI=1S/C17H15F3O/c1-2-4-12-7-9-13(10-8-12)14-5-3-6-15(11-14)16(21)17(18,19)20/h3,5-11H,2,4H2,1H3. The van der Waals surface area contributed by atoms with Crippen LogP contribution in [-0.2, 0) is 6.42 Å². The van der Waals surface area contributed by atoms with E-state index in [-0.39, 0.29) is 5.56 Å². The van der Waals surface area contributed by atoms with Gasteiger partial charge in [0.15, 0.2) is 0 Å². The third-order valence-electron chi connectivity index (χ3n) is 3.21. The fraction of sp³-hybridized carbons (Fsp3) is 0.235. The van der Waals surface area contributed by atoms with Crippen LogP contribution in [0, 0.1) is 0 Å². The van der Waals surface area contributed by atoms with Crippen LogP contribution in [-0.4, -0.2) is 12.0 Å². The average molecular weight is 292 g/mol. The minimum atomic E-state index is -4.84. The van der Waals surface area contributed by atoms with E-state index in [0.717, 1.165) is 18.4 Å². The van der Waals surface area contributed by atoms with Gasteiger partial charge < -0.3 is 0 Å². The molecule has 1 nitrogen and oxygen atoms in total. The van der Waals surface area contributed by atoms with Crippen molar-refractivity contribution in [3.05, 3.63) is 59.7 Å². The minimum Gasteiger partial charge on any atom is -0.284 e. The number of hydrogen-bond donors (Lipinski definition) is 0. The highest BCUT2D eigenvalue weighted by molar-refractivity contribution is 6.01. The Hall–Kier alpha value is -2.10. The van der Waals surface area contributed by atoms with Crippen LogP contribution in [0.3, 0.4) is 0 Å². The number of hydrogen-bond acceptors (Lipinski definition) is 1. The molecular weight excluding hydrogens is 277 g/mol. The largest absolute Gasteiger partial charge is 0.454 e. The van der Waals surface area contributed by atoms with Crippen molar-refractivity contribution < 1.29 is 18.0 Å². The molecule has 0 aromatic heterocycles. The van der Waals surface area contributed by atoms with Gasteiger partial charge >= 0.3 is 6.18 Å². The maximum absolute atomic E-state index is 12.5. The number of carbonyl (C=O) groups is 1. The summed E-state index contributed by atoms with van der Waals surface area (Å²) in [5.74, 6) is -1.81. The van der Waals surface area contributed by atoms with Crippen LogP contribution in [0.5, 0.6) is 0 Å². The summed E-state index contributed by atoms with van der Waals surface area (Å²) in [7, 11) is 0. The van der Waals surface area contributed by atoms with Gasteiger partial charge in [-0.2, -0.15) is 13.2 Å². The van der Waals surface area contributed by atoms with Crippen LogP contribution in [0.2, 0.25) is 0 Å². The molecular formula is C17H15F3O. The van der Waals surface area contributed by atoms with Crippen LogP contribution in [0.1, 0.15) is 29.3 Å². The van der Waals surface area contributed by atoms with Crippen molar-refractivity contribution in [2.45, 2.75) is 25.9 Å². The van der Waals surface area contributed by atoms with Gasteiger partial charge in [-0.15, -0.1) is 0 Å². The van der Waals surface area contributed by atoms with Crippen molar-refractivity contribution in [1.29, 1.82) is 0 Å². The van der Waals surface area contributed by atoms with Crippen molar-refractivity contribution in [3.63, 3.8) is 0 Å². The highest BCUT2D eigenvalue weighted by Gasteiger charge is 2.39. The van der Waals surface area contributed by atoms with Gasteiger partial charge in [0.1, 0.15) is 0 Å². The summed E-state index contributed by atoms with van der Waals surface area (Å²) in [5.41, 5.74) is 2.25. The van der Waals surface area contributed by atoms with Crippen LogP contribution in [0.15, 0.2) is 48.5 Å². The lowest BCUT2D eigenvalue weighted by molar-refractivity contribution is -0.0885. The molecule has 0 spiro atoms. The van der Waals surface area contributed by atoms with Crippen LogP contribution in [0.4, 0.5) is 13.2 Å². The van der Waals surface area contributed by atoms with E-state index < -0.39 is 12.0 Å². The van der Waals surface area contributed by atoms with E-state index in [1.54, 1.807) is 6.07 Å². The summed E-state index contributed by atoms with van der Waals surface area (Å²) in [6.45, 7) is 2.08. The molecule has 2 rings (SSSR count). The van der Waals surface area contributed by atoms with Gasteiger partial charge in [-0.05, 0) is 29.2 Å². The van der Waals surface area contributed by atoms with E-state index >= 15 is 0 Å². The summed E-state index contributed by atoms with van der Waals surface area (Å²) in [6, 6.07) is 13.3. The molecule has 0 bridgehead atoms. The Labute approximate surface area is 121 Å². The summed E-state index contributed by atoms with van der Waals surface area (Å²) in [6.07, 6.45) is -2.84. The lowest BCUT2D eigenvalue weighted by Gasteiger charge is -2.08. The van der Waals surface area contributed by atoms with Gasteiger partial charge in [0.05, 0.1) is 0 Å². The number of rotatable bonds is 4. The smallest absolute Gasteiger partial charge is 0.284 e. The SMILES string of the molecule is CCCc1ccc(-c2cccc(C(=O)C(F)(F)F)c2)cc1. The Morgan fingerprint density at radius 2 is 1.67 bits per heavy atom. The Bertz CT molecular complexity index is 627. The Kier molecular flexibility index (Phi) is 4.46. The lowest BCUT2D eigenvalue weighted by Crippen LogP contribution is -2.22. The van der Waals surface area contributed by atoms with Gasteiger partial charge in [0, 0.05) is 5.56 Å². The van der Waals surface area contributed by atoms with E-state index in [4.69, 9.17) is 0 Å². The van der Waals surface area contributed by atoms with Crippen molar-refractivity contribution >= 4 is 5.78 Å². The molecule has 0 amide bonds. The third kappa shape index (κ3) is 3.72. The van der Waals surface area contributed by atoms with Gasteiger partial charge in [-0.25, -0.2) is 0 Å². The monoisotopic (exact) mass is 292 g/mol. The second-order valence-corrected chi connectivity index (χ2v) is 4.85. The highest BCUT2D eigenvalue weighted by atomic mass is 19.4. The van der Waals surface area contributed by atoms with Crippen molar-refractivity contribution in [3.8, 4) is 11.1 Å². The van der Waals surface area contributed by atoms with E-state index in [9.17, 15) is 18.0 Å². The van der Waals surface area contributed by atoms with Crippen LogP contribution >= 0.6 is 0 Å². The molecule has 0 fully saturated rings. The molecule has 0 heterocycles. The molecule has 0 atom stereocenters. The molecule has 0 aliphatic rings. The maximum atomic E-state index is 12.5. The van der Waals surface area contributed by atoms with E-state index in [2.05, 4.69) is 6.92 Å². The van der Waals surface area contributed by atoms with Crippen LogP contribution < -0.4 is 0 Å². The van der Waals surface area contributed by atoms with E-state index in [1.807, 2.05) is 24.3 Å². The summed E-state index contributed by atoms with van der Waals surface area (Å²) in [5, 5.41) is 0. The zero-order chi connectivity index (χ0) is 15.5. The molecule has 0 radical (unpaired) electrons. The number of benzene rings is 2. The number of Topliss-reactive ketones (excluding diaryl/α,β-unsaturated/α-hetero) is 1. The topological polar surface area (TPSA) is 17.1 Å². The first-order valence-corrected chi connectivity index (χ1v) is 6.72. The molecule has 0 aliphatic carbocycles. The fourth-order valence-corrected chi connectivity index (χ4v) is 2.16. The zero-order valence-corrected chi connectivity index (χ0v) is 11.6.